The zero-order chi connectivity index (χ0) is 18.4. The number of carbonyl (C=O) groups excluding carboxylic acids is 1. The number of rotatable bonds is 7. The quantitative estimate of drug-likeness (QED) is 0.655. The maximum Gasteiger partial charge on any atom is 0.248 e. The average Bonchev–Trinajstić information content (AvgIpc) is 3.07. The minimum atomic E-state index is -0.153. The van der Waals surface area contributed by atoms with Crippen LogP contribution in [0.5, 0.6) is 5.75 Å². The van der Waals surface area contributed by atoms with Crippen LogP contribution in [0.1, 0.15) is 13.3 Å². The van der Waals surface area contributed by atoms with Gasteiger partial charge in [0.2, 0.25) is 5.91 Å². The Morgan fingerprint density at radius 2 is 2.00 bits per heavy atom. The lowest BCUT2D eigenvalue weighted by molar-refractivity contribution is -0.119. The van der Waals surface area contributed by atoms with Crippen LogP contribution in [-0.2, 0) is 11.3 Å². The predicted octanol–water partition coefficient (Wildman–Crippen LogP) is 2.78. The molecule has 1 aromatic heterocycles. The van der Waals surface area contributed by atoms with Gasteiger partial charge in [0.15, 0.2) is 0 Å². The number of carbonyl (C=O) groups is 1. The summed E-state index contributed by atoms with van der Waals surface area (Å²) in [6.07, 6.45) is 0.247. The standard InChI is InChI=1S/C19H19N5O2/c1-2-26-16-10-8-15(9-11-16)23(13-5-12-20)19(25)14-24-18-7-4-3-6-17(18)21-22-24/h3-4,6-11H,2,5,13-14H2,1H3. The number of nitriles is 1. The van der Waals surface area contributed by atoms with Crippen LogP contribution in [0.25, 0.3) is 11.0 Å². The highest BCUT2D eigenvalue weighted by molar-refractivity contribution is 5.94. The summed E-state index contributed by atoms with van der Waals surface area (Å²) < 4.78 is 7.01. The second kappa shape index (κ2) is 8.12. The molecule has 7 nitrogen and oxygen atoms in total. The van der Waals surface area contributed by atoms with E-state index in [1.807, 2.05) is 55.5 Å². The van der Waals surface area contributed by atoms with Crippen LogP contribution >= 0.6 is 0 Å². The molecular weight excluding hydrogens is 330 g/mol. The molecule has 3 aromatic rings. The van der Waals surface area contributed by atoms with E-state index >= 15 is 0 Å². The van der Waals surface area contributed by atoms with Gasteiger partial charge in [0.1, 0.15) is 17.8 Å². The highest BCUT2D eigenvalue weighted by Gasteiger charge is 2.18. The summed E-state index contributed by atoms with van der Waals surface area (Å²) in [5, 5.41) is 17.1. The number of amides is 1. The SMILES string of the molecule is CCOc1ccc(N(CCC#N)C(=O)Cn2nnc3ccccc32)cc1. The van der Waals surface area contributed by atoms with E-state index in [2.05, 4.69) is 16.4 Å². The fourth-order valence-corrected chi connectivity index (χ4v) is 2.70. The van der Waals surface area contributed by atoms with Gasteiger partial charge >= 0.3 is 0 Å². The Bertz CT molecular complexity index is 927. The molecule has 26 heavy (non-hydrogen) atoms. The molecule has 0 aliphatic rings. The maximum atomic E-state index is 12.9. The number of nitrogens with zero attached hydrogens (tertiary/aromatic N) is 5. The van der Waals surface area contributed by atoms with Crippen molar-refractivity contribution in [1.29, 1.82) is 5.26 Å². The van der Waals surface area contributed by atoms with Gasteiger partial charge < -0.3 is 9.64 Å². The number of hydrogen-bond acceptors (Lipinski definition) is 5. The molecule has 0 radical (unpaired) electrons. The second-order valence-electron chi connectivity index (χ2n) is 5.62. The number of fused-ring (bicyclic) bond motifs is 1. The molecule has 0 atom stereocenters. The number of ether oxygens (including phenoxy) is 1. The third-order valence-electron chi connectivity index (χ3n) is 3.91. The van der Waals surface area contributed by atoms with Crippen molar-refractivity contribution in [1.82, 2.24) is 15.0 Å². The van der Waals surface area contributed by atoms with E-state index in [0.29, 0.717) is 13.2 Å². The zero-order valence-corrected chi connectivity index (χ0v) is 14.5. The number of benzene rings is 2. The summed E-state index contributed by atoms with van der Waals surface area (Å²) in [5.74, 6) is 0.589. The van der Waals surface area contributed by atoms with Crippen LogP contribution in [0.2, 0.25) is 0 Å². The van der Waals surface area contributed by atoms with E-state index < -0.39 is 0 Å². The minimum Gasteiger partial charge on any atom is -0.494 e. The van der Waals surface area contributed by atoms with Crippen LogP contribution in [0.4, 0.5) is 5.69 Å². The van der Waals surface area contributed by atoms with Gasteiger partial charge in [0, 0.05) is 12.2 Å². The van der Waals surface area contributed by atoms with Crippen molar-refractivity contribution in [3.63, 3.8) is 0 Å². The molecule has 0 unspecified atom stereocenters. The molecule has 0 saturated heterocycles. The molecular formula is C19H19N5O2. The molecule has 0 aliphatic heterocycles. The van der Waals surface area contributed by atoms with Crippen molar-refractivity contribution in [2.24, 2.45) is 0 Å². The predicted molar refractivity (Wildman–Crippen MR) is 97.7 cm³/mol. The molecule has 0 saturated carbocycles. The first-order valence-electron chi connectivity index (χ1n) is 8.41. The monoisotopic (exact) mass is 349 g/mol. The van der Waals surface area contributed by atoms with Gasteiger partial charge in [-0.25, -0.2) is 4.68 Å². The molecule has 1 amide bonds. The van der Waals surface area contributed by atoms with Crippen molar-refractivity contribution < 1.29 is 9.53 Å². The molecule has 0 N–H and O–H groups in total. The van der Waals surface area contributed by atoms with Crippen LogP contribution in [0, 0.1) is 11.3 Å². The van der Waals surface area contributed by atoms with Crippen LogP contribution < -0.4 is 9.64 Å². The first kappa shape index (κ1) is 17.4. The van der Waals surface area contributed by atoms with Crippen molar-refractivity contribution in [2.75, 3.05) is 18.1 Å². The molecule has 0 spiro atoms. The number of aromatic nitrogens is 3. The van der Waals surface area contributed by atoms with E-state index in [0.717, 1.165) is 22.5 Å². The summed E-state index contributed by atoms with van der Waals surface area (Å²) in [4.78, 5) is 14.5. The number of anilines is 1. The maximum absolute atomic E-state index is 12.9. The zero-order valence-electron chi connectivity index (χ0n) is 14.5. The van der Waals surface area contributed by atoms with Crippen LogP contribution in [0.15, 0.2) is 48.5 Å². The third-order valence-corrected chi connectivity index (χ3v) is 3.91. The summed E-state index contributed by atoms with van der Waals surface area (Å²) in [6.45, 7) is 2.87. The van der Waals surface area contributed by atoms with Crippen LogP contribution in [0.3, 0.4) is 0 Å². The Hall–Kier alpha value is -3.40. The number of para-hydroxylation sites is 1. The molecule has 132 valence electrons. The lowest BCUT2D eigenvalue weighted by Crippen LogP contribution is -2.35. The van der Waals surface area contributed by atoms with Gasteiger partial charge in [-0.3, -0.25) is 4.79 Å². The van der Waals surface area contributed by atoms with E-state index in [1.165, 1.54) is 0 Å². The molecule has 0 aliphatic carbocycles. The topological polar surface area (TPSA) is 84.0 Å². The van der Waals surface area contributed by atoms with Gasteiger partial charge in [0.25, 0.3) is 0 Å². The molecule has 1 heterocycles. The highest BCUT2D eigenvalue weighted by atomic mass is 16.5. The van der Waals surface area contributed by atoms with E-state index in [-0.39, 0.29) is 18.9 Å². The van der Waals surface area contributed by atoms with Gasteiger partial charge in [-0.1, -0.05) is 17.3 Å². The summed E-state index contributed by atoms with van der Waals surface area (Å²) in [7, 11) is 0. The fraction of sp³-hybridized carbons (Fsp3) is 0.263. The molecule has 2 aromatic carbocycles. The van der Waals surface area contributed by atoms with Crippen LogP contribution in [-0.4, -0.2) is 34.1 Å². The lowest BCUT2D eigenvalue weighted by atomic mass is 10.2. The van der Waals surface area contributed by atoms with E-state index in [9.17, 15) is 4.79 Å². The molecule has 0 fully saturated rings. The highest BCUT2D eigenvalue weighted by Crippen LogP contribution is 2.21. The summed E-state index contributed by atoms with van der Waals surface area (Å²) in [5.41, 5.74) is 2.26. The Kier molecular flexibility index (Phi) is 5.44. The van der Waals surface area contributed by atoms with Gasteiger partial charge in [0.05, 0.1) is 24.6 Å². The average molecular weight is 349 g/mol. The molecule has 7 heteroatoms. The smallest absolute Gasteiger partial charge is 0.248 e. The Labute approximate surface area is 151 Å². The Balaban J connectivity index is 1.82. The van der Waals surface area contributed by atoms with Crippen molar-refractivity contribution in [2.45, 2.75) is 19.9 Å². The molecule has 0 bridgehead atoms. The minimum absolute atomic E-state index is 0.0547. The normalized spacial score (nSPS) is 10.5. The van der Waals surface area contributed by atoms with Crippen molar-refractivity contribution in [3.8, 4) is 11.8 Å². The summed E-state index contributed by atoms with van der Waals surface area (Å²) >= 11 is 0. The summed E-state index contributed by atoms with van der Waals surface area (Å²) in [6, 6.07) is 16.8. The third kappa shape index (κ3) is 3.81. The first-order chi connectivity index (χ1) is 12.7. The first-order valence-corrected chi connectivity index (χ1v) is 8.41. The van der Waals surface area contributed by atoms with E-state index in [1.54, 1.807) is 9.58 Å². The Morgan fingerprint density at radius 1 is 1.23 bits per heavy atom. The number of hydrogen-bond donors (Lipinski definition) is 0. The van der Waals surface area contributed by atoms with Crippen molar-refractivity contribution in [3.05, 3.63) is 48.5 Å². The fourth-order valence-electron chi connectivity index (χ4n) is 2.70. The Morgan fingerprint density at radius 3 is 2.73 bits per heavy atom. The van der Waals surface area contributed by atoms with Crippen molar-refractivity contribution >= 4 is 22.6 Å². The second-order valence-corrected chi connectivity index (χ2v) is 5.62. The van der Waals surface area contributed by atoms with E-state index in [4.69, 9.17) is 10.00 Å². The largest absolute Gasteiger partial charge is 0.494 e. The van der Waals surface area contributed by atoms with Gasteiger partial charge in [-0.15, -0.1) is 5.10 Å². The lowest BCUT2D eigenvalue weighted by Gasteiger charge is -2.22. The van der Waals surface area contributed by atoms with Gasteiger partial charge in [-0.05, 0) is 43.3 Å². The van der Waals surface area contributed by atoms with Gasteiger partial charge in [-0.2, -0.15) is 5.26 Å². The molecule has 3 rings (SSSR count).